The Labute approximate surface area is 140 Å². The Hall–Kier alpha value is -1.81. The van der Waals surface area contributed by atoms with Crippen LogP contribution in [0.3, 0.4) is 0 Å². The predicted molar refractivity (Wildman–Crippen MR) is 94.9 cm³/mol. The molecule has 22 heavy (non-hydrogen) atoms. The average molecular weight is 361 g/mol. The lowest BCUT2D eigenvalue weighted by atomic mass is 10.2. The molecule has 4 heteroatoms. The van der Waals surface area contributed by atoms with E-state index >= 15 is 0 Å². The van der Waals surface area contributed by atoms with Crippen molar-refractivity contribution in [1.82, 2.24) is 4.90 Å². The van der Waals surface area contributed by atoms with Crippen molar-refractivity contribution in [2.24, 2.45) is 0 Å². The molecule has 0 aliphatic heterocycles. The molecule has 116 valence electrons. The van der Waals surface area contributed by atoms with Crippen LogP contribution in [0.5, 0.6) is 0 Å². The zero-order valence-corrected chi connectivity index (χ0v) is 14.6. The van der Waals surface area contributed by atoms with Crippen molar-refractivity contribution in [1.29, 1.82) is 0 Å². The van der Waals surface area contributed by atoms with Gasteiger partial charge in [-0.15, -0.1) is 0 Å². The molecule has 0 saturated heterocycles. The monoisotopic (exact) mass is 360 g/mol. The van der Waals surface area contributed by atoms with Crippen LogP contribution in [0.15, 0.2) is 53.0 Å². The lowest BCUT2D eigenvalue weighted by molar-refractivity contribution is -0.130. The molecule has 0 saturated carbocycles. The summed E-state index contributed by atoms with van der Waals surface area (Å²) in [5, 5.41) is 3.30. The highest BCUT2D eigenvalue weighted by Gasteiger charge is 2.09. The number of nitrogens with one attached hydrogen (secondary N) is 1. The highest BCUT2D eigenvalue weighted by molar-refractivity contribution is 9.10. The molecule has 0 atom stereocenters. The van der Waals surface area contributed by atoms with Crippen molar-refractivity contribution in [3.05, 3.63) is 64.1 Å². The molecule has 2 aromatic rings. The van der Waals surface area contributed by atoms with Gasteiger partial charge in [0.15, 0.2) is 0 Å². The molecule has 1 amide bonds. The molecule has 2 rings (SSSR count). The normalized spacial score (nSPS) is 10.3. The maximum Gasteiger partial charge on any atom is 0.224 e. The fourth-order valence-corrected chi connectivity index (χ4v) is 2.84. The number of benzene rings is 2. The molecule has 1 N–H and O–H groups in total. The first kappa shape index (κ1) is 16.6. The molecule has 0 radical (unpaired) electrons. The lowest BCUT2D eigenvalue weighted by Gasteiger charge is -2.18. The Bertz CT molecular complexity index is 628. The highest BCUT2D eigenvalue weighted by atomic mass is 79.9. The van der Waals surface area contributed by atoms with Gasteiger partial charge in [0.25, 0.3) is 0 Å². The molecule has 2 aromatic carbocycles. The Morgan fingerprint density at radius 3 is 2.59 bits per heavy atom. The molecule has 0 bridgehead atoms. The molecule has 0 unspecified atom stereocenters. The summed E-state index contributed by atoms with van der Waals surface area (Å²) in [5.41, 5.74) is 3.37. The number of halogens is 1. The van der Waals surface area contributed by atoms with E-state index in [2.05, 4.69) is 40.3 Å². The smallest absolute Gasteiger partial charge is 0.224 e. The number of amides is 1. The Morgan fingerprint density at radius 1 is 1.18 bits per heavy atom. The third kappa shape index (κ3) is 4.88. The lowest BCUT2D eigenvalue weighted by Crippen LogP contribution is -2.27. The summed E-state index contributed by atoms with van der Waals surface area (Å²) in [6, 6.07) is 16.2. The van der Waals surface area contributed by atoms with Gasteiger partial charge in [-0.2, -0.15) is 0 Å². The van der Waals surface area contributed by atoms with E-state index in [1.54, 1.807) is 4.90 Å². The van der Waals surface area contributed by atoms with E-state index in [9.17, 15) is 4.79 Å². The minimum absolute atomic E-state index is 0.139. The molecular formula is C18H21BrN2O. The van der Waals surface area contributed by atoms with Gasteiger partial charge in [0.2, 0.25) is 5.91 Å². The fraction of sp³-hybridized carbons (Fsp3) is 0.278. The van der Waals surface area contributed by atoms with E-state index in [1.165, 1.54) is 5.56 Å². The summed E-state index contributed by atoms with van der Waals surface area (Å²) in [6.07, 6.45) is 0.476. The van der Waals surface area contributed by atoms with E-state index in [0.717, 1.165) is 15.7 Å². The second-order valence-corrected chi connectivity index (χ2v) is 6.25. The van der Waals surface area contributed by atoms with E-state index in [4.69, 9.17) is 0 Å². The SMILES string of the molecule is Cc1ccc(NCCC(=O)N(C)Cc2ccccc2)c(Br)c1. The molecule has 0 heterocycles. The molecule has 0 aromatic heterocycles. The Balaban J connectivity index is 1.80. The molecule has 0 aliphatic carbocycles. The summed E-state index contributed by atoms with van der Waals surface area (Å²) >= 11 is 3.53. The standard InChI is InChI=1S/C18H21BrN2O/c1-14-8-9-17(16(19)12-14)20-11-10-18(22)21(2)13-15-6-4-3-5-7-15/h3-9,12,20H,10-11,13H2,1-2H3. The second-order valence-electron chi connectivity index (χ2n) is 5.40. The molecule has 3 nitrogen and oxygen atoms in total. The first-order valence-corrected chi connectivity index (χ1v) is 8.13. The minimum Gasteiger partial charge on any atom is -0.384 e. The van der Waals surface area contributed by atoms with Crippen LogP contribution < -0.4 is 5.32 Å². The number of carbonyl (C=O) groups excluding carboxylic acids is 1. The van der Waals surface area contributed by atoms with Gasteiger partial charge in [0.1, 0.15) is 0 Å². The number of aryl methyl sites for hydroxylation is 1. The van der Waals surface area contributed by atoms with E-state index < -0.39 is 0 Å². The quantitative estimate of drug-likeness (QED) is 0.836. The van der Waals surface area contributed by atoms with Crippen LogP contribution in [-0.4, -0.2) is 24.4 Å². The summed E-state index contributed by atoms with van der Waals surface area (Å²) in [7, 11) is 1.84. The number of hydrogen-bond acceptors (Lipinski definition) is 2. The van der Waals surface area contributed by atoms with Gasteiger partial charge in [-0.3, -0.25) is 4.79 Å². The summed E-state index contributed by atoms with van der Waals surface area (Å²) in [5.74, 6) is 0.139. The van der Waals surface area contributed by atoms with Crippen LogP contribution in [0, 0.1) is 6.92 Å². The number of anilines is 1. The van der Waals surface area contributed by atoms with Gasteiger partial charge in [-0.25, -0.2) is 0 Å². The number of rotatable bonds is 6. The first-order chi connectivity index (χ1) is 10.6. The van der Waals surface area contributed by atoms with Crippen molar-refractivity contribution in [3.8, 4) is 0 Å². The van der Waals surface area contributed by atoms with E-state index in [0.29, 0.717) is 19.5 Å². The van der Waals surface area contributed by atoms with Crippen LogP contribution >= 0.6 is 15.9 Å². The topological polar surface area (TPSA) is 32.3 Å². The van der Waals surface area contributed by atoms with Gasteiger partial charge in [0.05, 0.1) is 0 Å². The van der Waals surface area contributed by atoms with Gasteiger partial charge in [-0.1, -0.05) is 36.4 Å². The van der Waals surface area contributed by atoms with Crippen LogP contribution in [0.2, 0.25) is 0 Å². The molecule has 0 spiro atoms. The Kier molecular flexibility index (Phi) is 6.01. The van der Waals surface area contributed by atoms with E-state index in [-0.39, 0.29) is 5.91 Å². The predicted octanol–water partition coefficient (Wildman–Crippen LogP) is 4.22. The third-order valence-corrected chi connectivity index (χ3v) is 4.12. The van der Waals surface area contributed by atoms with Crippen molar-refractivity contribution in [3.63, 3.8) is 0 Å². The van der Waals surface area contributed by atoms with Gasteiger partial charge < -0.3 is 10.2 Å². The zero-order valence-electron chi connectivity index (χ0n) is 13.0. The van der Waals surface area contributed by atoms with Crippen LogP contribution in [0.4, 0.5) is 5.69 Å². The summed E-state index contributed by atoms with van der Waals surface area (Å²) in [4.78, 5) is 13.9. The van der Waals surface area contributed by atoms with Gasteiger partial charge in [0, 0.05) is 36.7 Å². The van der Waals surface area contributed by atoms with E-state index in [1.807, 2.05) is 43.4 Å². The highest BCUT2D eigenvalue weighted by Crippen LogP contribution is 2.23. The number of hydrogen-bond donors (Lipinski definition) is 1. The number of carbonyl (C=O) groups is 1. The first-order valence-electron chi connectivity index (χ1n) is 7.34. The van der Waals surface area contributed by atoms with Crippen molar-refractivity contribution in [2.45, 2.75) is 19.9 Å². The Morgan fingerprint density at radius 2 is 1.91 bits per heavy atom. The van der Waals surface area contributed by atoms with Crippen molar-refractivity contribution < 1.29 is 4.79 Å². The zero-order chi connectivity index (χ0) is 15.9. The molecular weight excluding hydrogens is 340 g/mol. The van der Waals surface area contributed by atoms with Crippen LogP contribution in [-0.2, 0) is 11.3 Å². The maximum absolute atomic E-state index is 12.2. The molecule has 0 aliphatic rings. The minimum atomic E-state index is 0.139. The largest absolute Gasteiger partial charge is 0.384 e. The van der Waals surface area contributed by atoms with Crippen LogP contribution in [0.1, 0.15) is 17.5 Å². The van der Waals surface area contributed by atoms with Gasteiger partial charge >= 0.3 is 0 Å². The van der Waals surface area contributed by atoms with Crippen LogP contribution in [0.25, 0.3) is 0 Å². The summed E-state index contributed by atoms with van der Waals surface area (Å²) in [6.45, 7) is 3.32. The second kappa shape index (κ2) is 7.99. The van der Waals surface area contributed by atoms with Crippen molar-refractivity contribution >= 4 is 27.5 Å². The number of nitrogens with zero attached hydrogens (tertiary/aromatic N) is 1. The van der Waals surface area contributed by atoms with Gasteiger partial charge in [-0.05, 0) is 46.1 Å². The molecule has 0 fully saturated rings. The summed E-state index contributed by atoms with van der Waals surface area (Å²) < 4.78 is 1.03. The van der Waals surface area contributed by atoms with Crippen molar-refractivity contribution in [2.75, 3.05) is 18.9 Å². The fourth-order valence-electron chi connectivity index (χ4n) is 2.20. The maximum atomic E-state index is 12.2. The third-order valence-electron chi connectivity index (χ3n) is 3.47. The average Bonchev–Trinajstić information content (AvgIpc) is 2.50.